The van der Waals surface area contributed by atoms with Gasteiger partial charge in [0.1, 0.15) is 12.2 Å². The van der Waals surface area contributed by atoms with Gasteiger partial charge in [-0.1, -0.05) is 26.7 Å². The molecule has 0 aromatic heterocycles. The molecule has 4 fully saturated rings. The highest BCUT2D eigenvalue weighted by Crippen LogP contribution is 2.65. The molecule has 3 heteroatoms. The minimum atomic E-state index is 0.268. The van der Waals surface area contributed by atoms with Gasteiger partial charge in [-0.3, -0.25) is 0 Å². The van der Waals surface area contributed by atoms with Crippen LogP contribution in [0.3, 0.4) is 0 Å². The van der Waals surface area contributed by atoms with Crippen LogP contribution in [0.4, 0.5) is 0 Å². The SMILES string of the molecule is CC1(C)CCCCC12C1OC1COCC1OC12. The molecule has 0 aromatic carbocycles. The van der Waals surface area contributed by atoms with Crippen molar-refractivity contribution < 1.29 is 14.2 Å². The normalized spacial score (nSPS) is 55.4. The molecule has 1 saturated carbocycles. The minimum Gasteiger partial charge on any atom is -0.376 e. The molecule has 3 nitrogen and oxygen atoms in total. The second kappa shape index (κ2) is 3.25. The number of ether oxygens (including phenoxy) is 3. The lowest BCUT2D eigenvalue weighted by molar-refractivity contribution is -0.0350. The smallest absolute Gasteiger partial charge is 0.108 e. The highest BCUT2D eigenvalue weighted by Gasteiger charge is 2.71. The Labute approximate surface area is 103 Å². The molecule has 0 radical (unpaired) electrons. The van der Waals surface area contributed by atoms with Crippen molar-refractivity contribution in [1.82, 2.24) is 0 Å². The number of rotatable bonds is 0. The van der Waals surface area contributed by atoms with Gasteiger partial charge in [0.2, 0.25) is 0 Å². The summed E-state index contributed by atoms with van der Waals surface area (Å²) in [5.74, 6) is 0. The number of hydrogen-bond acceptors (Lipinski definition) is 3. The van der Waals surface area contributed by atoms with Crippen molar-refractivity contribution in [1.29, 1.82) is 0 Å². The van der Waals surface area contributed by atoms with E-state index in [1.165, 1.54) is 25.7 Å². The predicted molar refractivity (Wildman–Crippen MR) is 62.8 cm³/mol. The molecule has 0 bridgehead atoms. The number of epoxide rings is 2. The zero-order valence-corrected chi connectivity index (χ0v) is 10.8. The molecule has 1 aliphatic carbocycles. The van der Waals surface area contributed by atoms with Gasteiger partial charge >= 0.3 is 0 Å². The van der Waals surface area contributed by atoms with Crippen LogP contribution in [0.15, 0.2) is 0 Å². The maximum atomic E-state index is 5.96. The largest absolute Gasteiger partial charge is 0.376 e. The van der Waals surface area contributed by atoms with Crippen molar-refractivity contribution in [3.8, 4) is 0 Å². The lowest BCUT2D eigenvalue weighted by Crippen LogP contribution is -2.51. The first-order valence-electron chi connectivity index (χ1n) is 7.04. The predicted octanol–water partition coefficient (Wildman–Crippen LogP) is 2.14. The van der Waals surface area contributed by atoms with Gasteiger partial charge in [0.05, 0.1) is 25.4 Å². The van der Waals surface area contributed by atoms with Gasteiger partial charge < -0.3 is 14.2 Å². The molecule has 3 saturated heterocycles. The van der Waals surface area contributed by atoms with Gasteiger partial charge in [0.15, 0.2) is 0 Å². The molecule has 17 heavy (non-hydrogen) atoms. The van der Waals surface area contributed by atoms with E-state index >= 15 is 0 Å². The van der Waals surface area contributed by atoms with Crippen LogP contribution in [0, 0.1) is 10.8 Å². The highest BCUT2D eigenvalue weighted by atomic mass is 16.7. The third-order valence-corrected chi connectivity index (χ3v) is 5.65. The molecule has 0 amide bonds. The van der Waals surface area contributed by atoms with Gasteiger partial charge in [-0.25, -0.2) is 0 Å². The van der Waals surface area contributed by atoms with E-state index in [1.807, 2.05) is 0 Å². The van der Waals surface area contributed by atoms with Crippen LogP contribution in [0.1, 0.15) is 39.5 Å². The number of hydrogen-bond donors (Lipinski definition) is 0. The summed E-state index contributed by atoms with van der Waals surface area (Å²) in [6, 6.07) is 0. The van der Waals surface area contributed by atoms with Gasteiger partial charge in [0, 0.05) is 5.41 Å². The van der Waals surface area contributed by atoms with Gasteiger partial charge in [-0.05, 0) is 18.3 Å². The molecule has 3 aliphatic heterocycles. The van der Waals surface area contributed by atoms with Crippen LogP contribution in [0.25, 0.3) is 0 Å². The van der Waals surface area contributed by atoms with E-state index in [0.717, 1.165) is 13.2 Å². The van der Waals surface area contributed by atoms with Crippen molar-refractivity contribution in [2.75, 3.05) is 13.2 Å². The van der Waals surface area contributed by atoms with E-state index in [0.29, 0.717) is 29.8 Å². The summed E-state index contributed by atoms with van der Waals surface area (Å²) in [4.78, 5) is 0. The van der Waals surface area contributed by atoms with Crippen LogP contribution in [-0.4, -0.2) is 37.6 Å². The second-order valence-electron chi connectivity index (χ2n) is 6.86. The second-order valence-corrected chi connectivity index (χ2v) is 6.86. The van der Waals surface area contributed by atoms with Crippen molar-refractivity contribution in [3.05, 3.63) is 0 Å². The first-order chi connectivity index (χ1) is 8.15. The number of fused-ring (bicyclic) bond motifs is 4. The van der Waals surface area contributed by atoms with E-state index < -0.39 is 0 Å². The molecule has 96 valence electrons. The van der Waals surface area contributed by atoms with E-state index in [1.54, 1.807) is 0 Å². The molecule has 4 aliphatic rings. The Morgan fingerprint density at radius 3 is 2.06 bits per heavy atom. The molecule has 0 aromatic rings. The first kappa shape index (κ1) is 10.8. The van der Waals surface area contributed by atoms with Crippen LogP contribution in [0.2, 0.25) is 0 Å². The lowest BCUT2D eigenvalue weighted by atomic mass is 9.53. The van der Waals surface area contributed by atoms with Gasteiger partial charge in [0.25, 0.3) is 0 Å². The van der Waals surface area contributed by atoms with E-state index in [-0.39, 0.29) is 5.41 Å². The fraction of sp³-hybridized carbons (Fsp3) is 1.00. The van der Waals surface area contributed by atoms with Gasteiger partial charge in [-0.2, -0.15) is 0 Å². The monoisotopic (exact) mass is 238 g/mol. The summed E-state index contributed by atoms with van der Waals surface area (Å²) in [6.45, 7) is 6.39. The lowest BCUT2D eigenvalue weighted by Gasteiger charge is -2.49. The topological polar surface area (TPSA) is 34.3 Å². The van der Waals surface area contributed by atoms with Crippen molar-refractivity contribution in [3.63, 3.8) is 0 Å². The average molecular weight is 238 g/mol. The fourth-order valence-corrected chi connectivity index (χ4v) is 4.52. The highest BCUT2D eigenvalue weighted by molar-refractivity contribution is 5.18. The zero-order valence-electron chi connectivity index (χ0n) is 10.8. The average Bonchev–Trinajstić information content (AvgIpc) is 3.14. The molecular formula is C14H22O3. The summed E-state index contributed by atoms with van der Waals surface area (Å²) >= 11 is 0. The Bertz CT molecular complexity index is 320. The Balaban J connectivity index is 1.73. The van der Waals surface area contributed by atoms with Gasteiger partial charge in [-0.15, -0.1) is 0 Å². The molecule has 0 N–H and O–H groups in total. The maximum absolute atomic E-state index is 5.96. The Morgan fingerprint density at radius 2 is 1.47 bits per heavy atom. The standard InChI is InChI=1S/C14H22O3/c1-13(2)5-3-4-6-14(13)11-9(16-11)7-15-8-10-12(14)17-10/h9-12H,3-8H2,1-2H3. The summed E-state index contributed by atoms with van der Waals surface area (Å²) in [6.07, 6.45) is 6.77. The third kappa shape index (κ3) is 1.33. The van der Waals surface area contributed by atoms with Crippen LogP contribution in [0.5, 0.6) is 0 Å². The quantitative estimate of drug-likeness (QED) is 0.606. The molecule has 4 atom stereocenters. The molecular weight excluding hydrogens is 216 g/mol. The van der Waals surface area contributed by atoms with Crippen LogP contribution >= 0.6 is 0 Å². The molecule has 4 unspecified atom stereocenters. The summed E-state index contributed by atoms with van der Waals surface area (Å²) in [7, 11) is 0. The summed E-state index contributed by atoms with van der Waals surface area (Å²) < 4.78 is 17.6. The fourth-order valence-electron chi connectivity index (χ4n) is 4.52. The first-order valence-corrected chi connectivity index (χ1v) is 7.04. The molecule has 3 heterocycles. The van der Waals surface area contributed by atoms with Crippen molar-refractivity contribution >= 4 is 0 Å². The Kier molecular flexibility index (Phi) is 2.06. The third-order valence-electron chi connectivity index (χ3n) is 5.65. The van der Waals surface area contributed by atoms with E-state index in [9.17, 15) is 0 Å². The van der Waals surface area contributed by atoms with Crippen molar-refractivity contribution in [2.24, 2.45) is 10.8 Å². The molecule has 4 rings (SSSR count). The maximum Gasteiger partial charge on any atom is 0.108 e. The van der Waals surface area contributed by atoms with Crippen molar-refractivity contribution in [2.45, 2.75) is 63.9 Å². The van der Waals surface area contributed by atoms with E-state index in [2.05, 4.69) is 13.8 Å². The summed E-state index contributed by atoms with van der Waals surface area (Å²) in [5.41, 5.74) is 0.617. The Morgan fingerprint density at radius 1 is 0.882 bits per heavy atom. The van der Waals surface area contributed by atoms with Crippen LogP contribution in [-0.2, 0) is 14.2 Å². The molecule has 1 spiro atoms. The summed E-state index contributed by atoms with van der Waals surface area (Å²) in [5, 5.41) is 0. The minimum absolute atomic E-state index is 0.268. The van der Waals surface area contributed by atoms with Crippen LogP contribution < -0.4 is 0 Å². The Hall–Kier alpha value is -0.120. The van der Waals surface area contributed by atoms with E-state index in [4.69, 9.17) is 14.2 Å². The zero-order chi connectivity index (χ0) is 11.7.